The molecule has 3 aromatic carbocycles. The second kappa shape index (κ2) is 8.73. The highest BCUT2D eigenvalue weighted by molar-refractivity contribution is 6.31. The molecule has 5 atom stereocenters. The molecule has 2 amide bonds. The van der Waals surface area contributed by atoms with Crippen molar-refractivity contribution >= 4 is 40.6 Å². The number of amides is 2. The minimum absolute atomic E-state index is 0.192. The van der Waals surface area contributed by atoms with Crippen LogP contribution in [0.15, 0.2) is 66.7 Å². The van der Waals surface area contributed by atoms with Crippen molar-refractivity contribution in [1.29, 1.82) is 0 Å². The van der Waals surface area contributed by atoms with Gasteiger partial charge in [0.15, 0.2) is 5.78 Å². The Bertz CT molecular complexity index is 1610. The van der Waals surface area contributed by atoms with Gasteiger partial charge in [-0.15, -0.1) is 0 Å². The first-order chi connectivity index (χ1) is 18.9. The number of rotatable bonds is 3. The van der Waals surface area contributed by atoms with Gasteiger partial charge < -0.3 is 10.2 Å². The van der Waals surface area contributed by atoms with Gasteiger partial charge in [0, 0.05) is 58.7 Å². The summed E-state index contributed by atoms with van der Waals surface area (Å²) >= 11 is 6.52. The van der Waals surface area contributed by atoms with E-state index in [1.54, 1.807) is 36.2 Å². The van der Waals surface area contributed by atoms with E-state index >= 15 is 0 Å². The maximum absolute atomic E-state index is 14.7. The molecular formula is C31H28ClN3O5. The number of fused-ring (bicyclic) bond motifs is 5. The third-order valence-corrected chi connectivity index (χ3v) is 8.86. The molecule has 8 nitrogen and oxygen atoms in total. The molecule has 3 aromatic rings. The molecule has 0 saturated heterocycles. The maximum atomic E-state index is 14.7. The number of carbonyl (C=O) groups is 3. The third kappa shape index (κ3) is 3.48. The number of anilines is 1. The normalized spacial score (nSPS) is 26.6. The number of hydrogen-bond acceptors (Lipinski definition) is 5. The Morgan fingerprint density at radius 3 is 2.38 bits per heavy atom. The van der Waals surface area contributed by atoms with Gasteiger partial charge in [0.05, 0.1) is 16.3 Å². The van der Waals surface area contributed by atoms with Crippen LogP contribution in [0, 0.1) is 22.0 Å². The number of halogens is 1. The number of hydrogen-bond donors (Lipinski definition) is 1. The van der Waals surface area contributed by atoms with Crippen LogP contribution in [0.2, 0.25) is 5.02 Å². The molecule has 0 bridgehead atoms. The molecule has 1 aliphatic heterocycles. The van der Waals surface area contributed by atoms with Crippen molar-refractivity contribution in [3.8, 4) is 0 Å². The Balaban J connectivity index is 1.71. The predicted molar refractivity (Wildman–Crippen MR) is 151 cm³/mol. The molecular weight excluding hydrogens is 530 g/mol. The van der Waals surface area contributed by atoms with E-state index in [4.69, 9.17) is 11.6 Å². The number of ketones is 1. The fourth-order valence-corrected chi connectivity index (χ4v) is 7.56. The summed E-state index contributed by atoms with van der Waals surface area (Å²) in [4.78, 5) is 56.0. The predicted octanol–water partition coefficient (Wildman–Crippen LogP) is 5.39. The second-order valence-corrected chi connectivity index (χ2v) is 12.4. The Morgan fingerprint density at radius 1 is 1.02 bits per heavy atom. The number of nitro groups is 1. The molecule has 0 aromatic heterocycles. The minimum atomic E-state index is -1.43. The maximum Gasteiger partial charge on any atom is 0.270 e. The van der Waals surface area contributed by atoms with E-state index in [2.05, 4.69) is 5.32 Å². The highest BCUT2D eigenvalue weighted by atomic mass is 35.5. The lowest BCUT2D eigenvalue weighted by molar-refractivity contribution is -0.384. The topological polar surface area (TPSA) is 110 Å². The van der Waals surface area contributed by atoms with Gasteiger partial charge in [0.1, 0.15) is 0 Å². The molecule has 3 aliphatic rings. The summed E-state index contributed by atoms with van der Waals surface area (Å²) in [6.45, 7) is 5.59. The van der Waals surface area contributed by atoms with E-state index in [-0.39, 0.29) is 28.8 Å². The zero-order chi connectivity index (χ0) is 28.7. The van der Waals surface area contributed by atoms with Crippen molar-refractivity contribution in [2.24, 2.45) is 11.8 Å². The fraction of sp³-hybridized carbons (Fsp3) is 0.323. The molecule has 0 unspecified atom stereocenters. The van der Waals surface area contributed by atoms with E-state index in [1.165, 1.54) is 12.1 Å². The summed E-state index contributed by atoms with van der Waals surface area (Å²) in [5, 5.41) is 15.1. The van der Waals surface area contributed by atoms with E-state index in [0.29, 0.717) is 21.8 Å². The number of nitrogens with zero attached hydrogens (tertiary/aromatic N) is 2. The van der Waals surface area contributed by atoms with Crippen molar-refractivity contribution in [2.45, 2.75) is 43.6 Å². The SMILES string of the molecule is CN1C(=O)[C@@]2(c3cc(Cl)ccc31)[C@H](c1ccccc1)[C@H]1C(=O)c3cc([N+](=O)[O-])ccc3[C@H]1[C@@H]2C(=O)NC(C)(C)C. The summed E-state index contributed by atoms with van der Waals surface area (Å²) in [6, 6.07) is 18.8. The van der Waals surface area contributed by atoms with Crippen molar-refractivity contribution in [3.63, 3.8) is 0 Å². The Hall–Kier alpha value is -4.04. The average molecular weight is 558 g/mol. The number of likely N-dealkylation sites (N-methyl/N-ethyl adjacent to an activating group) is 1. The number of benzene rings is 3. The average Bonchev–Trinajstić information content (AvgIpc) is 3.44. The quantitative estimate of drug-likeness (QED) is 0.343. The van der Waals surface area contributed by atoms with Crippen LogP contribution in [0.3, 0.4) is 0 Å². The summed E-state index contributed by atoms with van der Waals surface area (Å²) < 4.78 is 0. The molecule has 0 radical (unpaired) electrons. The lowest BCUT2D eigenvalue weighted by atomic mass is 9.63. The molecule has 9 heteroatoms. The van der Waals surface area contributed by atoms with E-state index in [1.807, 2.05) is 51.1 Å². The summed E-state index contributed by atoms with van der Waals surface area (Å²) in [7, 11) is 1.68. The number of Topliss-reactive ketones (excluding diaryl/α,β-unsaturated/α-hetero) is 1. The summed E-state index contributed by atoms with van der Waals surface area (Å²) in [5.41, 5.74) is 0.537. The lowest BCUT2D eigenvalue weighted by Crippen LogP contribution is -2.54. The van der Waals surface area contributed by atoms with E-state index in [9.17, 15) is 24.5 Å². The fourth-order valence-electron chi connectivity index (χ4n) is 7.39. The number of carbonyl (C=O) groups excluding carboxylic acids is 3. The first-order valence-corrected chi connectivity index (χ1v) is 13.5. The highest BCUT2D eigenvalue weighted by Crippen LogP contribution is 2.70. The highest BCUT2D eigenvalue weighted by Gasteiger charge is 2.74. The molecule has 1 saturated carbocycles. The zero-order valence-electron chi connectivity index (χ0n) is 22.5. The largest absolute Gasteiger partial charge is 0.351 e. The Morgan fingerprint density at radius 2 is 1.73 bits per heavy atom. The molecule has 204 valence electrons. The minimum Gasteiger partial charge on any atom is -0.351 e. The first-order valence-electron chi connectivity index (χ1n) is 13.2. The molecule has 1 N–H and O–H groups in total. The lowest BCUT2D eigenvalue weighted by Gasteiger charge is -2.38. The number of non-ortho nitro benzene ring substituents is 1. The van der Waals surface area contributed by atoms with Gasteiger partial charge in [-0.2, -0.15) is 0 Å². The standard InChI is InChI=1S/C31H28ClN3O5/c1-30(2,3)33-28(37)26-23-19-12-11-18(35(39)40)15-20(19)27(36)24(23)25(16-8-6-5-7-9-16)31(26)21-14-17(32)10-13-22(21)34(4)29(31)38/h5-15,23-26H,1-4H3,(H,33,37)/t23-,24+,25-,26-,31+/m1/s1. The Labute approximate surface area is 236 Å². The van der Waals surface area contributed by atoms with Crippen LogP contribution in [0.4, 0.5) is 11.4 Å². The number of nitro benzene ring substituents is 1. The van der Waals surface area contributed by atoms with Gasteiger partial charge in [-0.3, -0.25) is 24.5 Å². The molecule has 40 heavy (non-hydrogen) atoms. The van der Waals surface area contributed by atoms with E-state index < -0.39 is 39.5 Å². The van der Waals surface area contributed by atoms with Gasteiger partial charge in [-0.05, 0) is 55.7 Å². The van der Waals surface area contributed by atoms with Crippen LogP contribution in [-0.2, 0) is 15.0 Å². The summed E-state index contributed by atoms with van der Waals surface area (Å²) in [5.74, 6) is -4.11. The van der Waals surface area contributed by atoms with E-state index in [0.717, 1.165) is 5.56 Å². The molecule has 1 heterocycles. The van der Waals surface area contributed by atoms with Crippen LogP contribution in [0.25, 0.3) is 0 Å². The molecule has 1 fully saturated rings. The van der Waals surface area contributed by atoms with Crippen LogP contribution < -0.4 is 10.2 Å². The van der Waals surface area contributed by atoms with Gasteiger partial charge >= 0.3 is 0 Å². The zero-order valence-corrected chi connectivity index (χ0v) is 23.2. The number of nitrogens with one attached hydrogen (secondary N) is 1. The molecule has 2 aliphatic carbocycles. The Kier molecular flexibility index (Phi) is 5.72. The van der Waals surface area contributed by atoms with Crippen molar-refractivity contribution in [2.75, 3.05) is 11.9 Å². The van der Waals surface area contributed by atoms with Crippen molar-refractivity contribution in [1.82, 2.24) is 5.32 Å². The van der Waals surface area contributed by atoms with Gasteiger partial charge in [-0.1, -0.05) is 48.0 Å². The first kappa shape index (κ1) is 26.2. The third-order valence-electron chi connectivity index (χ3n) is 8.62. The monoisotopic (exact) mass is 557 g/mol. The van der Waals surface area contributed by atoms with Crippen LogP contribution in [0.5, 0.6) is 0 Å². The van der Waals surface area contributed by atoms with Crippen molar-refractivity contribution in [3.05, 3.63) is 104 Å². The van der Waals surface area contributed by atoms with Crippen molar-refractivity contribution < 1.29 is 19.3 Å². The van der Waals surface area contributed by atoms with Crippen LogP contribution >= 0.6 is 11.6 Å². The molecule has 1 spiro atoms. The second-order valence-electron chi connectivity index (χ2n) is 11.9. The van der Waals surface area contributed by atoms with Gasteiger partial charge in [-0.25, -0.2) is 0 Å². The summed E-state index contributed by atoms with van der Waals surface area (Å²) in [6.07, 6.45) is 0. The van der Waals surface area contributed by atoms with Crippen LogP contribution in [0.1, 0.15) is 59.7 Å². The smallest absolute Gasteiger partial charge is 0.270 e. The van der Waals surface area contributed by atoms with Crippen LogP contribution in [-0.4, -0.2) is 35.1 Å². The van der Waals surface area contributed by atoms with Gasteiger partial charge in [0.25, 0.3) is 5.69 Å². The van der Waals surface area contributed by atoms with Gasteiger partial charge in [0.2, 0.25) is 11.8 Å². The molecule has 6 rings (SSSR count).